The lowest BCUT2D eigenvalue weighted by atomic mass is 9.98. The summed E-state index contributed by atoms with van der Waals surface area (Å²) in [6.07, 6.45) is -5.26. The van der Waals surface area contributed by atoms with Crippen LogP contribution in [0.5, 0.6) is 11.5 Å². The van der Waals surface area contributed by atoms with Gasteiger partial charge in [0.25, 0.3) is 0 Å². The molecule has 5 unspecified atom stereocenters. The number of benzene rings is 2. The molecule has 10 heteroatoms. The molecule has 0 radical (unpaired) electrons. The maximum absolute atomic E-state index is 13.3. The van der Waals surface area contributed by atoms with Gasteiger partial charge in [0.2, 0.25) is 0 Å². The molecule has 2 aromatic carbocycles. The molecule has 1 aliphatic heterocycles. The Morgan fingerprint density at radius 1 is 1.06 bits per heavy atom. The number of hydrogen-bond acceptors (Lipinski definition) is 10. The summed E-state index contributed by atoms with van der Waals surface area (Å²) in [6.45, 7) is 0.451. The van der Waals surface area contributed by atoms with Crippen molar-refractivity contribution in [2.45, 2.75) is 50.5 Å². The van der Waals surface area contributed by atoms with Gasteiger partial charge in [-0.1, -0.05) is 36.4 Å². The van der Waals surface area contributed by atoms with Gasteiger partial charge in [0.05, 0.1) is 13.7 Å². The molecule has 1 heterocycles. The Morgan fingerprint density at radius 2 is 1.78 bits per heavy atom. The number of carbonyl (C=O) groups is 2. The van der Waals surface area contributed by atoms with E-state index in [1.165, 1.54) is 13.2 Å². The summed E-state index contributed by atoms with van der Waals surface area (Å²) in [5.74, 6) is -1.47. The average molecular weight is 503 g/mol. The molecule has 194 valence electrons. The Morgan fingerprint density at radius 3 is 2.42 bits per heavy atom. The quantitative estimate of drug-likeness (QED) is 0.292. The third-order valence-electron chi connectivity index (χ3n) is 5.69. The normalized spacial score (nSPS) is 24.1. The zero-order chi connectivity index (χ0) is 26.2. The van der Waals surface area contributed by atoms with E-state index in [-0.39, 0.29) is 23.5 Å². The van der Waals surface area contributed by atoms with Crippen LogP contribution < -0.4 is 4.74 Å². The minimum atomic E-state index is -1.76. The lowest BCUT2D eigenvalue weighted by Gasteiger charge is -2.41. The Balaban J connectivity index is 1.89. The van der Waals surface area contributed by atoms with Gasteiger partial charge in [0.1, 0.15) is 12.2 Å². The average Bonchev–Trinajstić information content (AvgIpc) is 2.87. The molecule has 5 atom stereocenters. The van der Waals surface area contributed by atoms with Gasteiger partial charge in [0.15, 0.2) is 30.0 Å². The highest BCUT2D eigenvalue weighted by atomic mass is 16.7. The summed E-state index contributed by atoms with van der Waals surface area (Å²) in [7, 11) is 1.40. The number of hydrogen-bond donors (Lipinski definition) is 4. The van der Waals surface area contributed by atoms with E-state index in [9.17, 15) is 30.0 Å². The number of aryl methyl sites for hydroxylation is 1. The minimum absolute atomic E-state index is 0.0674. The lowest BCUT2D eigenvalue weighted by Crippen LogP contribution is -2.61. The van der Waals surface area contributed by atoms with Gasteiger partial charge in [-0.2, -0.15) is 0 Å². The van der Waals surface area contributed by atoms with Gasteiger partial charge in [0, 0.05) is 12.5 Å². The second kappa shape index (κ2) is 12.5. The molecule has 1 fully saturated rings. The zero-order valence-corrected chi connectivity index (χ0v) is 19.9. The molecule has 0 amide bonds. The van der Waals surface area contributed by atoms with Crippen LogP contribution in [0.3, 0.4) is 0 Å². The largest absolute Gasteiger partial charge is 0.504 e. The maximum atomic E-state index is 13.3. The van der Waals surface area contributed by atoms with Crippen molar-refractivity contribution in [2.75, 3.05) is 13.7 Å². The summed E-state index contributed by atoms with van der Waals surface area (Å²) >= 11 is 0. The van der Waals surface area contributed by atoms with E-state index in [2.05, 4.69) is 0 Å². The number of phenolic OH excluding ortho intramolecular Hbond substituents is 1. The van der Waals surface area contributed by atoms with Crippen molar-refractivity contribution in [1.82, 2.24) is 0 Å². The molecule has 0 aliphatic carbocycles. The molecule has 2 aromatic rings. The van der Waals surface area contributed by atoms with Crippen LogP contribution in [0.2, 0.25) is 0 Å². The third-order valence-corrected chi connectivity index (χ3v) is 5.69. The topological polar surface area (TPSA) is 152 Å². The van der Waals surface area contributed by atoms with Crippen LogP contribution in [0.15, 0.2) is 54.1 Å². The van der Waals surface area contributed by atoms with E-state index in [0.29, 0.717) is 12.0 Å². The van der Waals surface area contributed by atoms with Crippen molar-refractivity contribution in [3.63, 3.8) is 0 Å². The van der Waals surface area contributed by atoms with Crippen molar-refractivity contribution in [3.05, 3.63) is 65.2 Å². The first-order valence-corrected chi connectivity index (χ1v) is 11.4. The van der Waals surface area contributed by atoms with E-state index in [0.717, 1.165) is 12.5 Å². The van der Waals surface area contributed by atoms with E-state index >= 15 is 0 Å². The summed E-state index contributed by atoms with van der Waals surface area (Å²) < 4.78 is 20.9. The van der Waals surface area contributed by atoms with Crippen molar-refractivity contribution >= 4 is 18.0 Å². The highest BCUT2D eigenvalue weighted by Crippen LogP contribution is 2.29. The molecule has 0 bridgehead atoms. The third kappa shape index (κ3) is 6.82. The van der Waals surface area contributed by atoms with Gasteiger partial charge in [-0.15, -0.1) is 0 Å². The molecular weight excluding hydrogens is 472 g/mol. The standard InChI is InChI=1S/C26H30O10/c1-15(28)34-23-22(30)21(14-27)35-26(32)24(23)36-25(31)18(10-8-16-6-4-3-5-7-16)12-17-9-11-19(29)20(13-17)33-2/h3-7,9,11-13,21-24,26-27,29-30,32H,8,10,14H2,1-2H3. The number of aromatic hydroxyl groups is 1. The van der Waals surface area contributed by atoms with Crippen LogP contribution in [0.1, 0.15) is 24.5 Å². The summed E-state index contributed by atoms with van der Waals surface area (Å²) in [5.41, 5.74) is 1.72. The molecule has 0 spiro atoms. The first-order valence-electron chi connectivity index (χ1n) is 11.4. The predicted molar refractivity (Wildman–Crippen MR) is 127 cm³/mol. The summed E-state index contributed by atoms with van der Waals surface area (Å²) in [6, 6.07) is 14.0. The fourth-order valence-corrected chi connectivity index (χ4v) is 3.85. The van der Waals surface area contributed by atoms with E-state index in [1.54, 1.807) is 18.2 Å². The van der Waals surface area contributed by atoms with E-state index in [4.69, 9.17) is 18.9 Å². The van der Waals surface area contributed by atoms with Gasteiger partial charge in [-0.05, 0) is 42.2 Å². The Hall–Kier alpha value is -3.44. The number of aliphatic hydroxyl groups excluding tert-OH is 3. The molecule has 0 saturated carbocycles. The van der Waals surface area contributed by atoms with Crippen LogP contribution in [0, 0.1) is 0 Å². The molecule has 36 heavy (non-hydrogen) atoms. The van der Waals surface area contributed by atoms with Crippen LogP contribution >= 0.6 is 0 Å². The number of rotatable bonds is 9. The number of aliphatic hydroxyl groups is 3. The molecular formula is C26H30O10. The van der Waals surface area contributed by atoms with E-state index in [1.807, 2.05) is 30.3 Å². The number of ether oxygens (including phenoxy) is 4. The molecule has 10 nitrogen and oxygen atoms in total. The van der Waals surface area contributed by atoms with Crippen LogP contribution in [0.25, 0.3) is 6.08 Å². The van der Waals surface area contributed by atoms with Gasteiger partial charge >= 0.3 is 11.9 Å². The van der Waals surface area contributed by atoms with Crippen LogP contribution in [-0.2, 0) is 30.2 Å². The highest BCUT2D eigenvalue weighted by Gasteiger charge is 2.49. The monoisotopic (exact) mass is 502 g/mol. The lowest BCUT2D eigenvalue weighted by molar-refractivity contribution is -0.292. The SMILES string of the molecule is COc1cc(C=C(CCc2ccccc2)C(=O)OC2C(O)OC(CO)C(O)C2OC(C)=O)ccc1O. The minimum Gasteiger partial charge on any atom is -0.504 e. The van der Waals surface area contributed by atoms with Crippen molar-refractivity contribution in [2.24, 2.45) is 0 Å². The molecule has 1 aliphatic rings. The van der Waals surface area contributed by atoms with Crippen molar-refractivity contribution in [1.29, 1.82) is 0 Å². The van der Waals surface area contributed by atoms with Gasteiger partial charge in [-0.25, -0.2) is 4.79 Å². The fourth-order valence-electron chi connectivity index (χ4n) is 3.85. The van der Waals surface area contributed by atoms with Crippen molar-refractivity contribution in [3.8, 4) is 11.5 Å². The second-order valence-corrected chi connectivity index (χ2v) is 8.27. The van der Waals surface area contributed by atoms with Crippen LogP contribution in [0.4, 0.5) is 0 Å². The second-order valence-electron chi connectivity index (χ2n) is 8.27. The maximum Gasteiger partial charge on any atom is 0.334 e. The van der Waals surface area contributed by atoms with E-state index < -0.39 is 49.3 Å². The van der Waals surface area contributed by atoms with Crippen LogP contribution in [-0.4, -0.2) is 76.8 Å². The molecule has 3 rings (SSSR count). The predicted octanol–water partition coefficient (Wildman–Crippen LogP) is 1.33. The number of carbonyl (C=O) groups excluding carboxylic acids is 2. The number of phenols is 1. The summed E-state index contributed by atoms with van der Waals surface area (Å²) in [5, 5.41) is 40.2. The molecule has 0 aromatic heterocycles. The van der Waals surface area contributed by atoms with Crippen molar-refractivity contribution < 1.29 is 49.0 Å². The Labute approximate surface area is 208 Å². The van der Waals surface area contributed by atoms with Gasteiger partial charge < -0.3 is 39.4 Å². The zero-order valence-electron chi connectivity index (χ0n) is 19.9. The van der Waals surface area contributed by atoms with Gasteiger partial charge in [-0.3, -0.25) is 4.79 Å². The fraction of sp³-hybridized carbons (Fsp3) is 0.385. The highest BCUT2D eigenvalue weighted by molar-refractivity contribution is 5.94. The smallest absolute Gasteiger partial charge is 0.334 e. The molecule has 1 saturated heterocycles. The number of esters is 2. The Bertz CT molecular complexity index is 1070. The Kier molecular flexibility index (Phi) is 9.43. The summed E-state index contributed by atoms with van der Waals surface area (Å²) in [4.78, 5) is 24.9. The number of methoxy groups -OCH3 is 1. The first kappa shape index (κ1) is 27.2. The first-order chi connectivity index (χ1) is 17.2. The molecule has 4 N–H and O–H groups in total.